The second-order valence-corrected chi connectivity index (χ2v) is 4.29. The lowest BCUT2D eigenvalue weighted by Gasteiger charge is -2.17. The van der Waals surface area contributed by atoms with Crippen LogP contribution in [0.25, 0.3) is 0 Å². The van der Waals surface area contributed by atoms with Gasteiger partial charge in [-0.3, -0.25) is 11.3 Å². The average Bonchev–Trinajstić information content (AvgIpc) is 2.46. The van der Waals surface area contributed by atoms with Crippen molar-refractivity contribution in [3.05, 3.63) is 65.5 Å². The highest BCUT2D eigenvalue weighted by Gasteiger charge is 2.13. The SMILES string of the molecule is COc1cccc(C(Cc2ccccc2F)NN)c1. The van der Waals surface area contributed by atoms with E-state index in [0.29, 0.717) is 12.0 Å². The largest absolute Gasteiger partial charge is 0.497 e. The van der Waals surface area contributed by atoms with Crippen LogP contribution in [0.3, 0.4) is 0 Å². The van der Waals surface area contributed by atoms with E-state index in [1.807, 2.05) is 30.3 Å². The second-order valence-electron chi connectivity index (χ2n) is 4.29. The van der Waals surface area contributed by atoms with Gasteiger partial charge in [-0.25, -0.2) is 4.39 Å². The molecule has 0 bridgehead atoms. The van der Waals surface area contributed by atoms with E-state index in [0.717, 1.165) is 11.3 Å². The summed E-state index contributed by atoms with van der Waals surface area (Å²) in [6, 6.07) is 14.1. The van der Waals surface area contributed by atoms with Gasteiger partial charge in [-0.2, -0.15) is 0 Å². The van der Waals surface area contributed by atoms with Gasteiger partial charge in [0.05, 0.1) is 13.2 Å². The molecule has 3 N–H and O–H groups in total. The van der Waals surface area contributed by atoms with Gasteiger partial charge in [0.25, 0.3) is 0 Å². The van der Waals surface area contributed by atoms with Crippen LogP contribution in [-0.4, -0.2) is 7.11 Å². The van der Waals surface area contributed by atoms with Crippen LogP contribution in [0.5, 0.6) is 5.75 Å². The van der Waals surface area contributed by atoms with E-state index >= 15 is 0 Å². The number of hydrazine groups is 1. The molecule has 4 heteroatoms. The molecule has 0 radical (unpaired) electrons. The van der Waals surface area contributed by atoms with E-state index in [4.69, 9.17) is 10.6 Å². The van der Waals surface area contributed by atoms with Gasteiger partial charge in [-0.05, 0) is 35.7 Å². The first-order valence-corrected chi connectivity index (χ1v) is 6.08. The predicted molar refractivity (Wildman–Crippen MR) is 73.2 cm³/mol. The number of ether oxygens (including phenoxy) is 1. The third-order valence-electron chi connectivity index (χ3n) is 3.08. The van der Waals surface area contributed by atoms with Crippen LogP contribution in [0.15, 0.2) is 48.5 Å². The van der Waals surface area contributed by atoms with Gasteiger partial charge in [0.1, 0.15) is 11.6 Å². The topological polar surface area (TPSA) is 47.3 Å². The Balaban J connectivity index is 2.22. The van der Waals surface area contributed by atoms with Crippen LogP contribution >= 0.6 is 0 Å². The Labute approximate surface area is 112 Å². The molecule has 0 spiro atoms. The second kappa shape index (κ2) is 6.31. The third kappa shape index (κ3) is 3.30. The van der Waals surface area contributed by atoms with Crippen molar-refractivity contribution in [2.24, 2.45) is 5.84 Å². The normalized spacial score (nSPS) is 12.2. The van der Waals surface area contributed by atoms with Gasteiger partial charge in [0.2, 0.25) is 0 Å². The molecular weight excluding hydrogens is 243 g/mol. The fourth-order valence-electron chi connectivity index (χ4n) is 2.02. The van der Waals surface area contributed by atoms with E-state index in [1.165, 1.54) is 6.07 Å². The summed E-state index contributed by atoms with van der Waals surface area (Å²) in [6.45, 7) is 0. The smallest absolute Gasteiger partial charge is 0.126 e. The van der Waals surface area contributed by atoms with Crippen molar-refractivity contribution in [3.63, 3.8) is 0 Å². The molecule has 2 aromatic carbocycles. The summed E-state index contributed by atoms with van der Waals surface area (Å²) in [5, 5.41) is 0. The van der Waals surface area contributed by atoms with Crippen LogP contribution in [-0.2, 0) is 6.42 Å². The fraction of sp³-hybridized carbons (Fsp3) is 0.200. The summed E-state index contributed by atoms with van der Waals surface area (Å²) >= 11 is 0. The molecule has 0 aliphatic heterocycles. The summed E-state index contributed by atoms with van der Waals surface area (Å²) in [6.07, 6.45) is 0.482. The fourth-order valence-corrected chi connectivity index (χ4v) is 2.02. The number of nitrogens with two attached hydrogens (primary N) is 1. The van der Waals surface area contributed by atoms with Crippen LogP contribution in [0.4, 0.5) is 4.39 Å². The lowest BCUT2D eigenvalue weighted by Crippen LogP contribution is -2.29. The number of hydrogen-bond donors (Lipinski definition) is 2. The molecular formula is C15H17FN2O. The molecule has 2 rings (SSSR count). The zero-order valence-electron chi connectivity index (χ0n) is 10.8. The first kappa shape index (κ1) is 13.5. The van der Waals surface area contributed by atoms with Gasteiger partial charge >= 0.3 is 0 Å². The summed E-state index contributed by atoms with van der Waals surface area (Å²) in [4.78, 5) is 0. The Bertz CT molecular complexity index is 545. The van der Waals surface area contributed by atoms with Crippen molar-refractivity contribution in [3.8, 4) is 5.75 Å². The number of rotatable bonds is 5. The molecule has 0 fully saturated rings. The highest BCUT2D eigenvalue weighted by atomic mass is 19.1. The Morgan fingerprint density at radius 3 is 2.68 bits per heavy atom. The van der Waals surface area contributed by atoms with E-state index in [1.54, 1.807) is 19.2 Å². The summed E-state index contributed by atoms with van der Waals surface area (Å²) < 4.78 is 18.8. The highest BCUT2D eigenvalue weighted by molar-refractivity contribution is 5.32. The zero-order chi connectivity index (χ0) is 13.7. The van der Waals surface area contributed by atoms with Crippen molar-refractivity contribution >= 4 is 0 Å². The highest BCUT2D eigenvalue weighted by Crippen LogP contribution is 2.22. The van der Waals surface area contributed by atoms with Gasteiger partial charge in [-0.15, -0.1) is 0 Å². The number of benzene rings is 2. The Hall–Kier alpha value is -1.91. The lowest BCUT2D eigenvalue weighted by atomic mass is 9.99. The number of nitrogens with one attached hydrogen (secondary N) is 1. The van der Waals surface area contributed by atoms with Gasteiger partial charge in [-0.1, -0.05) is 30.3 Å². The molecule has 0 saturated carbocycles. The Morgan fingerprint density at radius 2 is 2.00 bits per heavy atom. The molecule has 0 aliphatic rings. The van der Waals surface area contributed by atoms with Crippen LogP contribution in [0.2, 0.25) is 0 Å². The molecule has 1 atom stereocenters. The van der Waals surface area contributed by atoms with Crippen molar-refractivity contribution in [2.75, 3.05) is 7.11 Å². The van der Waals surface area contributed by atoms with Gasteiger partial charge in [0, 0.05) is 0 Å². The molecule has 1 unspecified atom stereocenters. The van der Waals surface area contributed by atoms with Crippen LogP contribution < -0.4 is 16.0 Å². The third-order valence-corrected chi connectivity index (χ3v) is 3.08. The minimum absolute atomic E-state index is 0.160. The monoisotopic (exact) mass is 260 g/mol. The molecule has 2 aromatic rings. The predicted octanol–water partition coefficient (Wildman–Crippen LogP) is 2.58. The van der Waals surface area contributed by atoms with Crippen molar-refractivity contribution in [1.82, 2.24) is 5.43 Å². The maximum absolute atomic E-state index is 13.7. The number of methoxy groups -OCH3 is 1. The molecule has 0 aromatic heterocycles. The molecule has 0 aliphatic carbocycles. The summed E-state index contributed by atoms with van der Waals surface area (Å²) in [5.74, 6) is 6.12. The standard InChI is InChI=1S/C15H17FN2O/c1-19-13-7-4-6-12(9-13)15(18-17)10-11-5-2-3-8-14(11)16/h2-9,15,18H,10,17H2,1H3. The van der Waals surface area contributed by atoms with Gasteiger partial charge < -0.3 is 4.74 Å². The molecule has 0 heterocycles. The Morgan fingerprint density at radius 1 is 1.21 bits per heavy atom. The minimum atomic E-state index is -0.217. The van der Waals surface area contributed by atoms with Crippen molar-refractivity contribution in [1.29, 1.82) is 0 Å². The lowest BCUT2D eigenvalue weighted by molar-refractivity contribution is 0.413. The van der Waals surface area contributed by atoms with E-state index in [2.05, 4.69) is 5.43 Å². The van der Waals surface area contributed by atoms with Gasteiger partial charge in [0.15, 0.2) is 0 Å². The first-order valence-electron chi connectivity index (χ1n) is 6.08. The minimum Gasteiger partial charge on any atom is -0.497 e. The van der Waals surface area contributed by atoms with Crippen molar-refractivity contribution in [2.45, 2.75) is 12.5 Å². The molecule has 0 saturated heterocycles. The maximum atomic E-state index is 13.7. The molecule has 0 amide bonds. The maximum Gasteiger partial charge on any atom is 0.126 e. The van der Waals surface area contributed by atoms with Crippen LogP contribution in [0, 0.1) is 5.82 Å². The van der Waals surface area contributed by atoms with E-state index < -0.39 is 0 Å². The quantitative estimate of drug-likeness (QED) is 0.641. The number of hydrogen-bond acceptors (Lipinski definition) is 3. The summed E-state index contributed by atoms with van der Waals surface area (Å²) in [7, 11) is 1.61. The molecule has 100 valence electrons. The van der Waals surface area contributed by atoms with E-state index in [9.17, 15) is 4.39 Å². The van der Waals surface area contributed by atoms with E-state index in [-0.39, 0.29) is 11.9 Å². The van der Waals surface area contributed by atoms with Crippen LogP contribution in [0.1, 0.15) is 17.2 Å². The molecule has 19 heavy (non-hydrogen) atoms. The first-order chi connectivity index (χ1) is 9.24. The number of halogens is 1. The molecule has 3 nitrogen and oxygen atoms in total. The zero-order valence-corrected chi connectivity index (χ0v) is 10.8. The van der Waals surface area contributed by atoms with Crippen molar-refractivity contribution < 1.29 is 9.13 Å². The Kier molecular flexibility index (Phi) is 4.49. The average molecular weight is 260 g/mol. The summed E-state index contributed by atoms with van der Waals surface area (Å²) in [5.41, 5.74) is 4.32.